The first-order valence-corrected chi connectivity index (χ1v) is 13.5. The molecule has 0 saturated carbocycles. The van der Waals surface area contributed by atoms with E-state index < -0.39 is 0 Å². The Morgan fingerprint density at radius 1 is 0.737 bits per heavy atom. The van der Waals surface area contributed by atoms with Crippen LogP contribution < -0.4 is 19.9 Å². The van der Waals surface area contributed by atoms with Crippen LogP contribution in [-0.2, 0) is 0 Å². The van der Waals surface area contributed by atoms with Gasteiger partial charge in [0.15, 0.2) is 0 Å². The molecule has 2 saturated heterocycles. The van der Waals surface area contributed by atoms with Crippen LogP contribution in [0.1, 0.15) is 45.5 Å². The predicted octanol–water partition coefficient (Wildman–Crippen LogP) is 5.21. The topological polar surface area (TPSA) is 65.1 Å². The molecule has 2 fully saturated rings. The van der Waals surface area contributed by atoms with Gasteiger partial charge >= 0.3 is 0 Å². The first kappa shape index (κ1) is 25.6. The van der Waals surface area contributed by atoms with Gasteiger partial charge in [-0.1, -0.05) is 30.3 Å². The number of methoxy groups -OCH3 is 1. The van der Waals surface area contributed by atoms with Crippen molar-refractivity contribution in [2.75, 3.05) is 61.5 Å². The Labute approximate surface area is 225 Å². The van der Waals surface area contributed by atoms with Crippen molar-refractivity contribution in [2.24, 2.45) is 0 Å². The number of aryl methyl sites for hydroxylation is 1. The van der Waals surface area contributed by atoms with Gasteiger partial charge in [0.2, 0.25) is 0 Å². The van der Waals surface area contributed by atoms with Crippen molar-refractivity contribution >= 4 is 28.9 Å². The average molecular weight is 513 g/mol. The highest BCUT2D eigenvalue weighted by atomic mass is 16.5. The Balaban J connectivity index is 1.39. The van der Waals surface area contributed by atoms with Gasteiger partial charge in [-0.15, -0.1) is 0 Å². The number of piperazine rings is 1. The van der Waals surface area contributed by atoms with Crippen molar-refractivity contribution < 1.29 is 14.3 Å². The van der Waals surface area contributed by atoms with E-state index in [9.17, 15) is 9.59 Å². The molecule has 7 heteroatoms. The molecule has 3 aromatic rings. The third-order valence-corrected chi connectivity index (χ3v) is 7.56. The fraction of sp³-hybridized carbons (Fsp3) is 0.355. The zero-order valence-corrected chi connectivity index (χ0v) is 22.3. The van der Waals surface area contributed by atoms with Crippen LogP contribution in [0.25, 0.3) is 0 Å². The quantitative estimate of drug-likeness (QED) is 0.491. The SMILES string of the molecule is COc1ccccc1N1CCN(c2ccc(NC(=O)c3ccccc3C)cc2C(=O)N2CCCCC2)CC1. The van der Waals surface area contributed by atoms with Crippen LogP contribution in [0.2, 0.25) is 0 Å². The summed E-state index contributed by atoms with van der Waals surface area (Å²) in [5.74, 6) is 0.743. The smallest absolute Gasteiger partial charge is 0.256 e. The number of carbonyl (C=O) groups excluding carboxylic acids is 2. The van der Waals surface area contributed by atoms with Gasteiger partial charge in [-0.2, -0.15) is 0 Å². The fourth-order valence-corrected chi connectivity index (χ4v) is 5.43. The average Bonchev–Trinajstić information content (AvgIpc) is 2.97. The molecule has 0 aromatic heterocycles. The number of likely N-dealkylation sites (tertiary alicyclic amines) is 1. The second-order valence-corrected chi connectivity index (χ2v) is 10.00. The molecule has 0 unspecified atom stereocenters. The maximum absolute atomic E-state index is 13.8. The number of amides is 2. The van der Waals surface area contributed by atoms with Crippen LogP contribution >= 0.6 is 0 Å². The summed E-state index contributed by atoms with van der Waals surface area (Å²) in [5.41, 5.74) is 4.85. The maximum Gasteiger partial charge on any atom is 0.256 e. The summed E-state index contributed by atoms with van der Waals surface area (Å²) in [7, 11) is 1.70. The van der Waals surface area contributed by atoms with Crippen LogP contribution in [0, 0.1) is 6.92 Å². The van der Waals surface area contributed by atoms with Crippen molar-refractivity contribution in [3.63, 3.8) is 0 Å². The van der Waals surface area contributed by atoms with E-state index in [0.29, 0.717) is 16.8 Å². The Bertz CT molecular complexity index is 1290. The van der Waals surface area contributed by atoms with Crippen LogP contribution in [0.15, 0.2) is 66.7 Å². The van der Waals surface area contributed by atoms with Crippen molar-refractivity contribution in [2.45, 2.75) is 26.2 Å². The van der Waals surface area contributed by atoms with Gasteiger partial charge in [0.05, 0.1) is 18.4 Å². The predicted molar refractivity (Wildman–Crippen MR) is 153 cm³/mol. The van der Waals surface area contributed by atoms with Gasteiger partial charge in [-0.05, 0) is 68.1 Å². The highest BCUT2D eigenvalue weighted by Crippen LogP contribution is 2.32. The third kappa shape index (κ3) is 5.47. The Morgan fingerprint density at radius 2 is 1.39 bits per heavy atom. The van der Waals surface area contributed by atoms with Gasteiger partial charge in [-0.3, -0.25) is 9.59 Å². The number of anilines is 3. The number of carbonyl (C=O) groups is 2. The lowest BCUT2D eigenvalue weighted by Crippen LogP contribution is -2.47. The zero-order valence-electron chi connectivity index (χ0n) is 22.3. The van der Waals surface area contributed by atoms with E-state index in [4.69, 9.17) is 4.74 Å². The molecule has 2 heterocycles. The Kier molecular flexibility index (Phi) is 7.82. The monoisotopic (exact) mass is 512 g/mol. The highest BCUT2D eigenvalue weighted by Gasteiger charge is 2.27. The third-order valence-electron chi connectivity index (χ3n) is 7.56. The number of nitrogens with zero attached hydrogens (tertiary/aromatic N) is 3. The highest BCUT2D eigenvalue weighted by molar-refractivity contribution is 6.07. The van der Waals surface area contributed by atoms with E-state index in [1.54, 1.807) is 7.11 Å². The zero-order chi connectivity index (χ0) is 26.5. The van der Waals surface area contributed by atoms with Gasteiger partial charge in [0, 0.05) is 56.2 Å². The molecule has 2 aliphatic heterocycles. The van der Waals surface area contributed by atoms with Crippen molar-refractivity contribution in [1.29, 1.82) is 0 Å². The van der Waals surface area contributed by atoms with Crippen molar-refractivity contribution in [3.8, 4) is 5.75 Å². The Morgan fingerprint density at radius 3 is 2.11 bits per heavy atom. The first-order chi connectivity index (χ1) is 18.5. The number of benzene rings is 3. The van der Waals surface area contributed by atoms with Crippen molar-refractivity contribution in [3.05, 3.63) is 83.4 Å². The molecular weight excluding hydrogens is 476 g/mol. The molecule has 198 valence electrons. The lowest BCUT2D eigenvalue weighted by molar-refractivity contribution is 0.0724. The Hall–Kier alpha value is -4.00. The summed E-state index contributed by atoms with van der Waals surface area (Å²) in [6.07, 6.45) is 3.22. The lowest BCUT2D eigenvalue weighted by Gasteiger charge is -2.39. The number of hydrogen-bond acceptors (Lipinski definition) is 5. The van der Waals surface area contributed by atoms with Gasteiger partial charge in [-0.25, -0.2) is 0 Å². The second kappa shape index (κ2) is 11.6. The van der Waals surface area contributed by atoms with Gasteiger partial charge in [0.25, 0.3) is 11.8 Å². The molecule has 5 rings (SSSR count). The van der Waals surface area contributed by atoms with E-state index in [1.165, 1.54) is 0 Å². The standard InChI is InChI=1S/C31H36N4O3/c1-23-10-4-5-11-25(23)30(36)32-24-14-15-27(26(22-24)31(37)35-16-8-3-9-17-35)33-18-20-34(21-19-33)28-12-6-7-13-29(28)38-2/h4-7,10-15,22H,3,8-9,16-21H2,1-2H3,(H,32,36). The van der Waals surface area contributed by atoms with E-state index in [1.807, 2.05) is 72.5 Å². The van der Waals surface area contributed by atoms with Crippen LogP contribution in [0.5, 0.6) is 5.75 Å². The summed E-state index contributed by atoms with van der Waals surface area (Å²) < 4.78 is 5.57. The molecule has 0 aliphatic carbocycles. The minimum Gasteiger partial charge on any atom is -0.495 e. The number of nitrogens with one attached hydrogen (secondary N) is 1. The number of ether oxygens (including phenoxy) is 1. The van der Waals surface area contributed by atoms with Crippen LogP contribution in [0.3, 0.4) is 0 Å². The minimum absolute atomic E-state index is 0.0406. The molecule has 0 radical (unpaired) electrons. The molecule has 0 atom stereocenters. The summed E-state index contributed by atoms with van der Waals surface area (Å²) >= 11 is 0. The van der Waals surface area contributed by atoms with E-state index in [-0.39, 0.29) is 11.8 Å². The fourth-order valence-electron chi connectivity index (χ4n) is 5.43. The molecular formula is C31H36N4O3. The molecule has 7 nitrogen and oxygen atoms in total. The molecule has 1 N–H and O–H groups in total. The summed E-state index contributed by atoms with van der Waals surface area (Å²) in [4.78, 5) is 33.3. The lowest BCUT2D eigenvalue weighted by atomic mass is 10.0. The first-order valence-electron chi connectivity index (χ1n) is 13.5. The van der Waals surface area contributed by atoms with Crippen molar-refractivity contribution in [1.82, 2.24) is 4.90 Å². The largest absolute Gasteiger partial charge is 0.495 e. The number of piperidine rings is 1. The molecule has 3 aromatic carbocycles. The summed E-state index contributed by atoms with van der Waals surface area (Å²) in [6.45, 7) is 6.70. The minimum atomic E-state index is -0.169. The number of rotatable bonds is 6. The second-order valence-electron chi connectivity index (χ2n) is 10.00. The van der Waals surface area contributed by atoms with E-state index in [0.717, 1.165) is 81.2 Å². The van der Waals surface area contributed by atoms with Gasteiger partial charge in [0.1, 0.15) is 5.75 Å². The van der Waals surface area contributed by atoms with Crippen LogP contribution in [-0.4, -0.2) is 63.1 Å². The van der Waals surface area contributed by atoms with E-state index >= 15 is 0 Å². The number of para-hydroxylation sites is 2. The molecule has 2 amide bonds. The summed E-state index contributed by atoms with van der Waals surface area (Å²) in [6, 6.07) is 21.4. The molecule has 0 bridgehead atoms. The molecule has 0 spiro atoms. The molecule has 38 heavy (non-hydrogen) atoms. The normalized spacial score (nSPS) is 15.8. The molecule has 2 aliphatic rings. The number of hydrogen-bond donors (Lipinski definition) is 1. The van der Waals surface area contributed by atoms with Crippen LogP contribution in [0.4, 0.5) is 17.1 Å². The van der Waals surface area contributed by atoms with E-state index in [2.05, 4.69) is 21.2 Å². The maximum atomic E-state index is 13.8. The summed E-state index contributed by atoms with van der Waals surface area (Å²) in [5, 5.41) is 3.02. The van der Waals surface area contributed by atoms with Gasteiger partial charge < -0.3 is 24.8 Å².